The maximum atomic E-state index is 5.61. The number of ether oxygens (including phenoxy) is 2. The van der Waals surface area contributed by atoms with Crippen LogP contribution in [0.25, 0.3) is 0 Å². The molecule has 0 saturated carbocycles. The quantitative estimate of drug-likeness (QED) is 0.762. The zero-order valence-corrected chi connectivity index (χ0v) is 9.70. The first-order chi connectivity index (χ1) is 7.13. The SMILES string of the molecule is COc1cc(C)c(N(C)CN)c(OC)c1. The predicted molar refractivity (Wildman–Crippen MR) is 61.7 cm³/mol. The minimum Gasteiger partial charge on any atom is -0.497 e. The summed E-state index contributed by atoms with van der Waals surface area (Å²) in [6.07, 6.45) is 0. The van der Waals surface area contributed by atoms with Gasteiger partial charge in [-0.05, 0) is 18.6 Å². The monoisotopic (exact) mass is 210 g/mol. The van der Waals surface area contributed by atoms with Gasteiger partial charge in [0, 0.05) is 13.1 Å². The molecule has 4 heteroatoms. The van der Waals surface area contributed by atoms with Gasteiger partial charge in [-0.3, -0.25) is 0 Å². The second kappa shape index (κ2) is 4.89. The lowest BCUT2D eigenvalue weighted by atomic mass is 10.1. The van der Waals surface area contributed by atoms with E-state index in [4.69, 9.17) is 15.2 Å². The standard InChI is InChI=1S/C11H18N2O2/c1-8-5-9(14-3)6-10(15-4)11(8)13(2)7-12/h5-6H,7,12H2,1-4H3. The third-order valence-corrected chi connectivity index (χ3v) is 2.35. The molecule has 0 spiro atoms. The third-order valence-electron chi connectivity index (χ3n) is 2.35. The van der Waals surface area contributed by atoms with Gasteiger partial charge in [-0.15, -0.1) is 0 Å². The molecule has 0 radical (unpaired) electrons. The second-order valence-corrected chi connectivity index (χ2v) is 3.38. The van der Waals surface area contributed by atoms with E-state index in [1.807, 2.05) is 31.0 Å². The van der Waals surface area contributed by atoms with Crippen molar-refractivity contribution < 1.29 is 9.47 Å². The summed E-state index contributed by atoms with van der Waals surface area (Å²) in [4.78, 5) is 1.94. The summed E-state index contributed by atoms with van der Waals surface area (Å²) in [7, 11) is 5.21. The fourth-order valence-electron chi connectivity index (χ4n) is 1.57. The Morgan fingerprint density at radius 3 is 2.40 bits per heavy atom. The zero-order valence-electron chi connectivity index (χ0n) is 9.70. The summed E-state index contributed by atoms with van der Waals surface area (Å²) in [6.45, 7) is 2.45. The van der Waals surface area contributed by atoms with Crippen LogP contribution < -0.4 is 20.1 Å². The van der Waals surface area contributed by atoms with Gasteiger partial charge in [0.15, 0.2) is 0 Å². The number of anilines is 1. The van der Waals surface area contributed by atoms with Crippen LogP contribution in [-0.4, -0.2) is 27.9 Å². The molecule has 4 nitrogen and oxygen atoms in total. The summed E-state index contributed by atoms with van der Waals surface area (Å²) < 4.78 is 10.5. The van der Waals surface area contributed by atoms with E-state index >= 15 is 0 Å². The Balaban J connectivity index is 3.24. The molecule has 0 amide bonds. The number of benzene rings is 1. The average Bonchev–Trinajstić information content (AvgIpc) is 2.26. The molecule has 2 N–H and O–H groups in total. The van der Waals surface area contributed by atoms with E-state index in [0.717, 1.165) is 22.7 Å². The fourth-order valence-corrected chi connectivity index (χ4v) is 1.57. The van der Waals surface area contributed by atoms with E-state index in [2.05, 4.69) is 0 Å². The van der Waals surface area contributed by atoms with Crippen molar-refractivity contribution in [3.8, 4) is 11.5 Å². The number of aryl methyl sites for hydroxylation is 1. The number of hydrogen-bond acceptors (Lipinski definition) is 4. The zero-order chi connectivity index (χ0) is 11.4. The second-order valence-electron chi connectivity index (χ2n) is 3.38. The van der Waals surface area contributed by atoms with Gasteiger partial charge in [0.05, 0.1) is 26.6 Å². The summed E-state index contributed by atoms with van der Waals surface area (Å²) in [5, 5.41) is 0. The van der Waals surface area contributed by atoms with Crippen molar-refractivity contribution in [3.63, 3.8) is 0 Å². The van der Waals surface area contributed by atoms with Crippen molar-refractivity contribution in [1.29, 1.82) is 0 Å². The lowest BCUT2D eigenvalue weighted by Crippen LogP contribution is -2.26. The average molecular weight is 210 g/mol. The highest BCUT2D eigenvalue weighted by Crippen LogP contribution is 2.34. The summed E-state index contributed by atoms with van der Waals surface area (Å²) >= 11 is 0. The molecule has 0 aliphatic heterocycles. The van der Waals surface area contributed by atoms with Gasteiger partial charge < -0.3 is 20.1 Å². The molecule has 1 rings (SSSR count). The highest BCUT2D eigenvalue weighted by molar-refractivity contribution is 5.65. The van der Waals surface area contributed by atoms with Crippen molar-refractivity contribution in [2.75, 3.05) is 32.8 Å². The van der Waals surface area contributed by atoms with Crippen molar-refractivity contribution in [1.82, 2.24) is 0 Å². The maximum Gasteiger partial charge on any atom is 0.146 e. The molecule has 0 heterocycles. The summed E-state index contributed by atoms with van der Waals surface area (Å²) in [5.74, 6) is 1.57. The number of nitrogens with two attached hydrogens (primary N) is 1. The minimum atomic E-state index is 0.448. The Kier molecular flexibility index (Phi) is 3.80. The van der Waals surface area contributed by atoms with E-state index < -0.39 is 0 Å². The van der Waals surface area contributed by atoms with Gasteiger partial charge in [0.2, 0.25) is 0 Å². The molecule has 0 unspecified atom stereocenters. The molecule has 0 bridgehead atoms. The van der Waals surface area contributed by atoms with E-state index in [1.54, 1.807) is 14.2 Å². The van der Waals surface area contributed by atoms with Crippen LogP contribution >= 0.6 is 0 Å². The molecule has 0 aromatic heterocycles. The molecule has 0 atom stereocenters. The van der Waals surface area contributed by atoms with Gasteiger partial charge in [0.25, 0.3) is 0 Å². The molecular formula is C11H18N2O2. The lowest BCUT2D eigenvalue weighted by Gasteiger charge is -2.22. The largest absolute Gasteiger partial charge is 0.497 e. The molecule has 1 aromatic rings. The van der Waals surface area contributed by atoms with Crippen molar-refractivity contribution in [2.45, 2.75) is 6.92 Å². The number of rotatable bonds is 4. The third kappa shape index (κ3) is 2.33. The summed E-state index contributed by atoms with van der Waals surface area (Å²) in [5.41, 5.74) is 7.69. The van der Waals surface area contributed by atoms with Crippen LogP contribution in [0.3, 0.4) is 0 Å². The number of hydrogen-bond donors (Lipinski definition) is 1. The van der Waals surface area contributed by atoms with Gasteiger partial charge in [-0.1, -0.05) is 0 Å². The first kappa shape index (κ1) is 11.7. The number of methoxy groups -OCH3 is 2. The molecule has 1 aromatic carbocycles. The summed E-state index contributed by atoms with van der Waals surface area (Å²) in [6, 6.07) is 3.82. The fraction of sp³-hybridized carbons (Fsp3) is 0.455. The highest BCUT2D eigenvalue weighted by atomic mass is 16.5. The Hall–Kier alpha value is -1.42. The predicted octanol–water partition coefficient (Wildman–Crippen LogP) is 1.36. The topological polar surface area (TPSA) is 47.7 Å². The molecule has 15 heavy (non-hydrogen) atoms. The Morgan fingerprint density at radius 1 is 1.27 bits per heavy atom. The van der Waals surface area contributed by atoms with Gasteiger partial charge in [0.1, 0.15) is 11.5 Å². The van der Waals surface area contributed by atoms with Crippen LogP contribution in [0, 0.1) is 6.92 Å². The molecule has 0 fully saturated rings. The maximum absolute atomic E-state index is 5.61. The smallest absolute Gasteiger partial charge is 0.146 e. The molecule has 0 aliphatic carbocycles. The molecule has 84 valence electrons. The molecule has 0 saturated heterocycles. The minimum absolute atomic E-state index is 0.448. The van der Waals surface area contributed by atoms with Crippen LogP contribution in [-0.2, 0) is 0 Å². The van der Waals surface area contributed by atoms with E-state index in [9.17, 15) is 0 Å². The van der Waals surface area contributed by atoms with E-state index in [-0.39, 0.29) is 0 Å². The van der Waals surface area contributed by atoms with Gasteiger partial charge >= 0.3 is 0 Å². The van der Waals surface area contributed by atoms with E-state index in [0.29, 0.717) is 6.67 Å². The van der Waals surface area contributed by atoms with Crippen molar-refractivity contribution in [3.05, 3.63) is 17.7 Å². The normalized spacial score (nSPS) is 9.93. The van der Waals surface area contributed by atoms with Crippen molar-refractivity contribution >= 4 is 5.69 Å². The van der Waals surface area contributed by atoms with Crippen LogP contribution in [0.15, 0.2) is 12.1 Å². The van der Waals surface area contributed by atoms with Crippen LogP contribution in [0.1, 0.15) is 5.56 Å². The van der Waals surface area contributed by atoms with Crippen LogP contribution in [0.5, 0.6) is 11.5 Å². The lowest BCUT2D eigenvalue weighted by molar-refractivity contribution is 0.394. The van der Waals surface area contributed by atoms with Crippen molar-refractivity contribution in [2.24, 2.45) is 5.73 Å². The molecular weight excluding hydrogens is 192 g/mol. The molecule has 0 aliphatic rings. The van der Waals surface area contributed by atoms with E-state index in [1.165, 1.54) is 0 Å². The van der Waals surface area contributed by atoms with Crippen LogP contribution in [0.4, 0.5) is 5.69 Å². The Morgan fingerprint density at radius 2 is 1.93 bits per heavy atom. The first-order valence-corrected chi connectivity index (χ1v) is 4.77. The number of nitrogens with zero attached hydrogens (tertiary/aromatic N) is 1. The van der Waals surface area contributed by atoms with Gasteiger partial charge in [-0.2, -0.15) is 0 Å². The van der Waals surface area contributed by atoms with Gasteiger partial charge in [-0.25, -0.2) is 0 Å². The Bertz CT molecular complexity index is 340. The first-order valence-electron chi connectivity index (χ1n) is 4.77. The Labute approximate surface area is 90.6 Å². The highest BCUT2D eigenvalue weighted by Gasteiger charge is 2.12. The van der Waals surface area contributed by atoms with Crippen LogP contribution in [0.2, 0.25) is 0 Å².